The number of carbonyl (C=O) groups is 2. The van der Waals surface area contributed by atoms with Crippen molar-refractivity contribution in [2.45, 2.75) is 19.5 Å². The van der Waals surface area contributed by atoms with Gasteiger partial charge in [0.25, 0.3) is 11.7 Å². The van der Waals surface area contributed by atoms with Crippen LogP contribution >= 0.6 is 27.3 Å². The van der Waals surface area contributed by atoms with Crippen LogP contribution in [-0.2, 0) is 16.1 Å². The van der Waals surface area contributed by atoms with Crippen LogP contribution in [-0.4, -0.2) is 28.8 Å². The highest BCUT2D eigenvalue weighted by Crippen LogP contribution is 2.41. The lowest BCUT2D eigenvalue weighted by Crippen LogP contribution is -2.28. The van der Waals surface area contributed by atoms with Crippen LogP contribution in [0, 0.1) is 6.92 Å². The van der Waals surface area contributed by atoms with Crippen molar-refractivity contribution >= 4 is 44.7 Å². The van der Waals surface area contributed by atoms with Crippen molar-refractivity contribution < 1.29 is 19.4 Å². The smallest absolute Gasteiger partial charge is 0.295 e. The van der Waals surface area contributed by atoms with Crippen molar-refractivity contribution in [3.05, 3.63) is 91.6 Å². The first-order chi connectivity index (χ1) is 14.9. The third-order valence-corrected chi connectivity index (χ3v) is 7.04. The molecule has 1 aliphatic rings. The summed E-state index contributed by atoms with van der Waals surface area (Å²) in [5.41, 5.74) is 2.18. The molecule has 31 heavy (non-hydrogen) atoms. The molecule has 2 heterocycles. The number of Topliss-reactive ketones (excluding diaryl/α,β-unsaturated/α-hetero) is 1. The number of rotatable bonds is 5. The van der Waals surface area contributed by atoms with E-state index in [2.05, 4.69) is 15.9 Å². The van der Waals surface area contributed by atoms with E-state index in [1.807, 2.05) is 42.6 Å². The van der Waals surface area contributed by atoms with E-state index in [0.717, 1.165) is 14.9 Å². The maximum atomic E-state index is 13.1. The molecule has 1 N–H and O–H groups in total. The molecule has 0 spiro atoms. The van der Waals surface area contributed by atoms with E-state index in [1.165, 1.54) is 16.2 Å². The van der Waals surface area contributed by atoms with Gasteiger partial charge in [0.2, 0.25) is 0 Å². The third kappa shape index (κ3) is 4.03. The predicted molar refractivity (Wildman–Crippen MR) is 124 cm³/mol. The van der Waals surface area contributed by atoms with E-state index in [9.17, 15) is 14.7 Å². The minimum atomic E-state index is -0.721. The first kappa shape index (κ1) is 21.3. The Morgan fingerprint density at radius 3 is 2.65 bits per heavy atom. The van der Waals surface area contributed by atoms with E-state index >= 15 is 0 Å². The minimum Gasteiger partial charge on any atom is -0.507 e. The summed E-state index contributed by atoms with van der Waals surface area (Å²) in [5.74, 6) is -0.895. The zero-order valence-electron chi connectivity index (χ0n) is 17.0. The van der Waals surface area contributed by atoms with Gasteiger partial charge < -0.3 is 14.7 Å². The minimum absolute atomic E-state index is 0.0801. The number of amides is 1. The first-order valence-electron chi connectivity index (χ1n) is 9.62. The van der Waals surface area contributed by atoms with Crippen LogP contribution < -0.4 is 4.74 Å². The summed E-state index contributed by atoms with van der Waals surface area (Å²) < 4.78 is 6.24. The van der Waals surface area contributed by atoms with Gasteiger partial charge in [-0.3, -0.25) is 9.59 Å². The summed E-state index contributed by atoms with van der Waals surface area (Å²) >= 11 is 4.96. The number of hydrogen-bond acceptors (Lipinski definition) is 5. The molecule has 0 radical (unpaired) electrons. The van der Waals surface area contributed by atoms with Gasteiger partial charge in [-0.05, 0) is 53.8 Å². The number of nitrogens with zero attached hydrogens (tertiary/aromatic N) is 1. The number of aliphatic hydroxyl groups is 1. The normalized spacial score (nSPS) is 17.9. The second-order valence-corrected chi connectivity index (χ2v) is 9.13. The van der Waals surface area contributed by atoms with Crippen LogP contribution in [0.25, 0.3) is 5.76 Å². The summed E-state index contributed by atoms with van der Waals surface area (Å²) in [6, 6.07) is 15.7. The monoisotopic (exact) mass is 497 g/mol. The standard InChI is InChI=1S/C24H20BrNO4S/c1-14-11-16(8-9-19(14)25)22(27)20-21(15-5-3-6-17(12-15)30-2)26(24(29)23(20)28)13-18-7-4-10-31-18/h3-12,21,27H,13H2,1-2H3/b22-20-. The van der Waals surface area contributed by atoms with E-state index in [4.69, 9.17) is 4.74 Å². The van der Waals surface area contributed by atoms with Gasteiger partial charge in [0, 0.05) is 14.9 Å². The Kier molecular flexibility index (Phi) is 5.98. The number of hydrogen-bond donors (Lipinski definition) is 1. The molecule has 1 aromatic heterocycles. The van der Waals surface area contributed by atoms with Crippen molar-refractivity contribution in [3.63, 3.8) is 0 Å². The maximum absolute atomic E-state index is 13.1. The Labute approximate surface area is 192 Å². The van der Waals surface area contributed by atoms with Gasteiger partial charge in [0.1, 0.15) is 11.5 Å². The summed E-state index contributed by atoms with van der Waals surface area (Å²) in [6.45, 7) is 2.18. The molecule has 1 saturated heterocycles. The first-order valence-corrected chi connectivity index (χ1v) is 11.3. The van der Waals surface area contributed by atoms with E-state index < -0.39 is 17.7 Å². The Bertz CT molecular complexity index is 1190. The summed E-state index contributed by atoms with van der Waals surface area (Å²) in [5, 5.41) is 13.1. The Hall–Kier alpha value is -2.90. The number of aryl methyl sites for hydroxylation is 1. The third-order valence-electron chi connectivity index (χ3n) is 5.29. The number of methoxy groups -OCH3 is 1. The van der Waals surface area contributed by atoms with Gasteiger partial charge in [0.05, 0.1) is 25.3 Å². The summed E-state index contributed by atoms with van der Waals surface area (Å²) in [4.78, 5) is 28.6. The van der Waals surface area contributed by atoms with Crippen LogP contribution in [0.2, 0.25) is 0 Å². The number of ether oxygens (including phenoxy) is 1. The van der Waals surface area contributed by atoms with Gasteiger partial charge in [-0.1, -0.05) is 40.2 Å². The van der Waals surface area contributed by atoms with Crippen LogP contribution in [0.15, 0.2) is 70.0 Å². The Morgan fingerprint density at radius 2 is 1.97 bits per heavy atom. The molecule has 158 valence electrons. The number of carbonyl (C=O) groups excluding carboxylic acids is 2. The molecule has 5 nitrogen and oxygen atoms in total. The molecule has 7 heteroatoms. The molecule has 0 saturated carbocycles. The SMILES string of the molecule is COc1cccc(C2/C(=C(/O)c3ccc(Br)c(C)c3)C(=O)C(=O)N2Cc2cccs2)c1. The van der Waals surface area contributed by atoms with Crippen molar-refractivity contribution in [1.82, 2.24) is 4.90 Å². The maximum Gasteiger partial charge on any atom is 0.295 e. The van der Waals surface area contributed by atoms with Gasteiger partial charge in [-0.15, -0.1) is 11.3 Å². The van der Waals surface area contributed by atoms with Crippen molar-refractivity contribution in [2.24, 2.45) is 0 Å². The lowest BCUT2D eigenvalue weighted by molar-refractivity contribution is -0.140. The number of halogens is 1. The van der Waals surface area contributed by atoms with E-state index in [1.54, 1.807) is 31.4 Å². The fourth-order valence-corrected chi connectivity index (χ4v) is 4.67. The van der Waals surface area contributed by atoms with Gasteiger partial charge in [-0.25, -0.2) is 0 Å². The zero-order chi connectivity index (χ0) is 22.1. The predicted octanol–water partition coefficient (Wildman–Crippen LogP) is 5.45. The fraction of sp³-hybridized carbons (Fsp3) is 0.167. The zero-order valence-corrected chi connectivity index (χ0v) is 19.4. The Morgan fingerprint density at radius 1 is 1.16 bits per heavy atom. The average Bonchev–Trinajstić information content (AvgIpc) is 3.37. The largest absolute Gasteiger partial charge is 0.507 e. The molecule has 1 amide bonds. The number of thiophene rings is 1. The van der Waals surface area contributed by atoms with Gasteiger partial charge in [0.15, 0.2) is 0 Å². The topological polar surface area (TPSA) is 66.8 Å². The number of benzene rings is 2. The molecular formula is C24H20BrNO4S. The molecule has 1 unspecified atom stereocenters. The van der Waals surface area contributed by atoms with Crippen LogP contribution in [0.4, 0.5) is 0 Å². The lowest BCUT2D eigenvalue weighted by atomic mass is 9.94. The lowest BCUT2D eigenvalue weighted by Gasteiger charge is -2.25. The molecule has 1 fully saturated rings. The quantitative estimate of drug-likeness (QED) is 0.289. The number of likely N-dealkylation sites (tertiary alicyclic amines) is 1. The van der Waals surface area contributed by atoms with Gasteiger partial charge >= 0.3 is 0 Å². The average molecular weight is 498 g/mol. The molecular weight excluding hydrogens is 478 g/mol. The highest BCUT2D eigenvalue weighted by Gasteiger charge is 2.46. The molecule has 3 aromatic rings. The van der Waals surface area contributed by atoms with Crippen LogP contribution in [0.5, 0.6) is 5.75 Å². The van der Waals surface area contributed by atoms with Crippen molar-refractivity contribution in [1.29, 1.82) is 0 Å². The molecule has 0 aliphatic carbocycles. The van der Waals surface area contributed by atoms with E-state index in [0.29, 0.717) is 16.9 Å². The van der Waals surface area contributed by atoms with Crippen molar-refractivity contribution in [3.8, 4) is 5.75 Å². The molecule has 4 rings (SSSR count). The number of ketones is 1. The summed E-state index contributed by atoms with van der Waals surface area (Å²) in [7, 11) is 1.56. The van der Waals surface area contributed by atoms with Crippen molar-refractivity contribution in [2.75, 3.05) is 7.11 Å². The summed E-state index contributed by atoms with van der Waals surface area (Å²) in [6.07, 6.45) is 0. The molecule has 2 aromatic carbocycles. The second kappa shape index (κ2) is 8.69. The molecule has 0 bridgehead atoms. The van der Waals surface area contributed by atoms with E-state index in [-0.39, 0.29) is 17.9 Å². The molecule has 1 aliphatic heterocycles. The van der Waals surface area contributed by atoms with Crippen LogP contribution in [0.3, 0.4) is 0 Å². The van der Waals surface area contributed by atoms with Crippen LogP contribution in [0.1, 0.15) is 27.6 Å². The second-order valence-electron chi connectivity index (χ2n) is 7.25. The highest BCUT2D eigenvalue weighted by atomic mass is 79.9. The highest BCUT2D eigenvalue weighted by molar-refractivity contribution is 9.10. The number of aliphatic hydroxyl groups excluding tert-OH is 1. The fourth-order valence-electron chi connectivity index (χ4n) is 3.72. The van der Waals surface area contributed by atoms with Gasteiger partial charge in [-0.2, -0.15) is 0 Å². The molecule has 1 atom stereocenters. The Balaban J connectivity index is 1.89.